The zero-order chi connectivity index (χ0) is 15.9. The number of rotatable bonds is 4. The van der Waals surface area contributed by atoms with Crippen LogP contribution in [0.1, 0.15) is 5.56 Å². The summed E-state index contributed by atoms with van der Waals surface area (Å²) < 4.78 is 14.1. The fourth-order valence-electron chi connectivity index (χ4n) is 1.83. The van der Waals surface area contributed by atoms with E-state index >= 15 is 0 Å². The average Bonchev–Trinajstić information content (AvgIpc) is 2.51. The average molecular weight is 365 g/mol. The van der Waals surface area contributed by atoms with E-state index in [-0.39, 0.29) is 12.4 Å². The summed E-state index contributed by atoms with van der Waals surface area (Å²) in [5.74, 6) is -1.85. The molecule has 0 aliphatic rings. The van der Waals surface area contributed by atoms with Gasteiger partial charge in [-0.15, -0.1) is 0 Å². The van der Waals surface area contributed by atoms with Crippen LogP contribution in [0.15, 0.2) is 53.0 Å². The molecule has 2 rings (SSSR count). The Bertz CT molecular complexity index is 691. The van der Waals surface area contributed by atoms with E-state index in [0.29, 0.717) is 22.1 Å². The van der Waals surface area contributed by atoms with Crippen LogP contribution in [0.25, 0.3) is 0 Å². The van der Waals surface area contributed by atoms with Crippen molar-refractivity contribution in [3.05, 3.63) is 64.4 Å². The Balaban J connectivity index is 1.83. The highest BCUT2D eigenvalue weighted by Gasteiger charge is 2.14. The first-order valence-corrected chi connectivity index (χ1v) is 7.44. The summed E-state index contributed by atoms with van der Waals surface area (Å²) in [7, 11) is 0. The Morgan fingerprint density at radius 2 is 1.68 bits per heavy atom. The summed E-state index contributed by atoms with van der Waals surface area (Å²) in [5, 5.41) is 4.96. The van der Waals surface area contributed by atoms with Gasteiger partial charge in [0.15, 0.2) is 0 Å². The van der Waals surface area contributed by atoms with E-state index in [1.165, 1.54) is 6.07 Å². The second-order valence-corrected chi connectivity index (χ2v) is 5.39. The zero-order valence-corrected chi connectivity index (χ0v) is 13.2. The van der Waals surface area contributed by atoms with Crippen molar-refractivity contribution in [2.45, 2.75) is 6.42 Å². The van der Waals surface area contributed by atoms with E-state index < -0.39 is 11.8 Å². The maximum atomic E-state index is 13.4. The molecular weight excluding hydrogens is 351 g/mol. The molecule has 2 aromatic carbocycles. The Morgan fingerprint density at radius 1 is 1.00 bits per heavy atom. The Hall–Kier alpha value is -2.21. The Kier molecular flexibility index (Phi) is 5.66. The van der Waals surface area contributed by atoms with Crippen LogP contribution in [0.4, 0.5) is 10.1 Å². The van der Waals surface area contributed by atoms with E-state index in [1.54, 1.807) is 42.5 Å². The molecule has 0 bridgehead atoms. The van der Waals surface area contributed by atoms with Crippen LogP contribution in [-0.2, 0) is 16.0 Å². The lowest BCUT2D eigenvalue weighted by Gasteiger charge is -2.08. The third kappa shape index (κ3) is 4.39. The molecule has 114 valence electrons. The van der Waals surface area contributed by atoms with Crippen LogP contribution >= 0.6 is 15.9 Å². The van der Waals surface area contributed by atoms with Gasteiger partial charge in [-0.25, -0.2) is 4.39 Å². The Labute approximate surface area is 135 Å². The number of carbonyl (C=O) groups excluding carboxylic acids is 2. The first-order chi connectivity index (χ1) is 10.6. The number of nitrogens with one attached hydrogen (secondary N) is 2. The van der Waals surface area contributed by atoms with Crippen molar-refractivity contribution in [3.63, 3.8) is 0 Å². The highest BCUT2D eigenvalue weighted by molar-refractivity contribution is 9.10. The molecular formula is C16H14BrFN2O2. The SMILES string of the molecule is O=C(NCCc1ccccc1F)C(=O)Nc1ccccc1Br. The van der Waals surface area contributed by atoms with E-state index in [9.17, 15) is 14.0 Å². The lowest BCUT2D eigenvalue weighted by atomic mass is 10.1. The normalized spacial score (nSPS) is 10.1. The van der Waals surface area contributed by atoms with Crippen LogP contribution in [-0.4, -0.2) is 18.4 Å². The van der Waals surface area contributed by atoms with Crippen LogP contribution in [0.5, 0.6) is 0 Å². The van der Waals surface area contributed by atoms with Crippen molar-refractivity contribution in [3.8, 4) is 0 Å². The van der Waals surface area contributed by atoms with E-state index in [2.05, 4.69) is 26.6 Å². The lowest BCUT2D eigenvalue weighted by molar-refractivity contribution is -0.136. The maximum absolute atomic E-state index is 13.4. The van der Waals surface area contributed by atoms with Gasteiger partial charge in [0.1, 0.15) is 5.82 Å². The van der Waals surface area contributed by atoms with Gasteiger partial charge < -0.3 is 10.6 Å². The number of anilines is 1. The lowest BCUT2D eigenvalue weighted by Crippen LogP contribution is -2.36. The second-order valence-electron chi connectivity index (χ2n) is 4.53. The summed E-state index contributed by atoms with van der Waals surface area (Å²) in [5.41, 5.74) is 1.01. The maximum Gasteiger partial charge on any atom is 0.313 e. The van der Waals surface area contributed by atoms with Crippen molar-refractivity contribution < 1.29 is 14.0 Å². The molecule has 2 amide bonds. The van der Waals surface area contributed by atoms with Crippen molar-refractivity contribution in [1.82, 2.24) is 5.32 Å². The van der Waals surface area contributed by atoms with Gasteiger partial charge >= 0.3 is 11.8 Å². The molecule has 0 heterocycles. The molecule has 0 aliphatic heterocycles. The number of benzene rings is 2. The fourth-order valence-corrected chi connectivity index (χ4v) is 2.22. The van der Waals surface area contributed by atoms with Crippen LogP contribution < -0.4 is 10.6 Å². The predicted octanol–water partition coefficient (Wildman–Crippen LogP) is 2.89. The molecule has 22 heavy (non-hydrogen) atoms. The predicted molar refractivity (Wildman–Crippen MR) is 85.9 cm³/mol. The van der Waals surface area contributed by atoms with Gasteiger partial charge in [-0.2, -0.15) is 0 Å². The van der Waals surface area contributed by atoms with Gasteiger partial charge in [-0.1, -0.05) is 30.3 Å². The zero-order valence-electron chi connectivity index (χ0n) is 11.6. The molecule has 0 fully saturated rings. The minimum absolute atomic E-state index is 0.184. The van der Waals surface area contributed by atoms with Crippen LogP contribution in [0, 0.1) is 5.82 Å². The van der Waals surface area contributed by atoms with Crippen LogP contribution in [0.3, 0.4) is 0 Å². The molecule has 0 saturated heterocycles. The minimum atomic E-state index is -0.763. The highest BCUT2D eigenvalue weighted by atomic mass is 79.9. The molecule has 6 heteroatoms. The summed E-state index contributed by atoms with van der Waals surface area (Å²) in [6.07, 6.45) is 0.320. The number of hydrogen-bond acceptors (Lipinski definition) is 2. The smallest absolute Gasteiger partial charge is 0.313 e. The van der Waals surface area contributed by atoms with Crippen molar-refractivity contribution in [2.24, 2.45) is 0 Å². The standard InChI is InChI=1S/C16H14BrFN2O2/c17-12-6-2-4-8-14(12)20-16(22)15(21)19-10-9-11-5-1-3-7-13(11)18/h1-8H,9-10H2,(H,19,21)(H,20,22). The molecule has 0 saturated carbocycles. The first kappa shape index (κ1) is 16.2. The van der Waals surface area contributed by atoms with Gasteiger partial charge in [0, 0.05) is 11.0 Å². The molecule has 0 unspecified atom stereocenters. The number of hydrogen-bond donors (Lipinski definition) is 2. The third-order valence-electron chi connectivity index (χ3n) is 2.97. The van der Waals surface area contributed by atoms with Gasteiger partial charge in [0.2, 0.25) is 0 Å². The quantitative estimate of drug-likeness (QED) is 0.819. The van der Waals surface area contributed by atoms with Gasteiger partial charge in [0.05, 0.1) is 5.69 Å². The molecule has 0 atom stereocenters. The summed E-state index contributed by atoms with van der Waals surface area (Å²) in [6.45, 7) is 0.184. The highest BCUT2D eigenvalue weighted by Crippen LogP contribution is 2.20. The molecule has 0 spiro atoms. The fraction of sp³-hybridized carbons (Fsp3) is 0.125. The third-order valence-corrected chi connectivity index (χ3v) is 3.66. The van der Waals surface area contributed by atoms with E-state index in [0.717, 1.165) is 0 Å². The molecule has 0 radical (unpaired) electrons. The largest absolute Gasteiger partial charge is 0.347 e. The van der Waals surface area contributed by atoms with Crippen molar-refractivity contribution in [1.29, 1.82) is 0 Å². The summed E-state index contributed by atoms with van der Waals surface area (Å²) >= 11 is 3.28. The second kappa shape index (κ2) is 7.70. The van der Waals surface area contributed by atoms with Gasteiger partial charge in [0.25, 0.3) is 0 Å². The first-order valence-electron chi connectivity index (χ1n) is 6.65. The van der Waals surface area contributed by atoms with Gasteiger partial charge in [-0.3, -0.25) is 9.59 Å². The Morgan fingerprint density at radius 3 is 2.41 bits per heavy atom. The monoisotopic (exact) mass is 364 g/mol. The summed E-state index contributed by atoms with van der Waals surface area (Å²) in [4.78, 5) is 23.5. The van der Waals surface area contributed by atoms with Crippen molar-refractivity contribution >= 4 is 33.4 Å². The molecule has 0 aliphatic carbocycles. The van der Waals surface area contributed by atoms with E-state index in [1.807, 2.05) is 0 Å². The number of halogens is 2. The molecule has 4 nitrogen and oxygen atoms in total. The van der Waals surface area contributed by atoms with Crippen molar-refractivity contribution in [2.75, 3.05) is 11.9 Å². The molecule has 0 aromatic heterocycles. The molecule has 2 N–H and O–H groups in total. The topological polar surface area (TPSA) is 58.2 Å². The summed E-state index contributed by atoms with van der Waals surface area (Å²) in [6, 6.07) is 13.3. The van der Waals surface area contributed by atoms with Gasteiger partial charge in [-0.05, 0) is 46.1 Å². The number of carbonyl (C=O) groups is 2. The minimum Gasteiger partial charge on any atom is -0.347 e. The van der Waals surface area contributed by atoms with Crippen LogP contribution in [0.2, 0.25) is 0 Å². The van der Waals surface area contributed by atoms with E-state index in [4.69, 9.17) is 0 Å². The molecule has 2 aromatic rings. The number of amides is 2. The number of para-hydroxylation sites is 1.